The number of piperazine rings is 1. The first-order valence-corrected chi connectivity index (χ1v) is 8.44. The van der Waals surface area contributed by atoms with Crippen molar-refractivity contribution in [3.8, 4) is 0 Å². The maximum absolute atomic E-state index is 12.3. The van der Waals surface area contributed by atoms with Crippen LogP contribution < -0.4 is 5.32 Å². The van der Waals surface area contributed by atoms with Gasteiger partial charge in [0.25, 0.3) is 0 Å². The Morgan fingerprint density at radius 3 is 2.21 bits per heavy atom. The van der Waals surface area contributed by atoms with E-state index in [1.54, 1.807) is 0 Å². The predicted molar refractivity (Wildman–Crippen MR) is 90.6 cm³/mol. The summed E-state index contributed by atoms with van der Waals surface area (Å²) in [5, 5.41) is 19.2. The van der Waals surface area contributed by atoms with Crippen LogP contribution in [0.15, 0.2) is 24.3 Å². The van der Waals surface area contributed by atoms with Gasteiger partial charge in [-0.1, -0.05) is 24.3 Å². The van der Waals surface area contributed by atoms with Crippen molar-refractivity contribution in [3.05, 3.63) is 35.4 Å². The van der Waals surface area contributed by atoms with E-state index < -0.39 is 18.1 Å². The molecule has 2 saturated heterocycles. The van der Waals surface area contributed by atoms with Crippen LogP contribution in [0.5, 0.6) is 0 Å². The summed E-state index contributed by atoms with van der Waals surface area (Å²) in [5.74, 6) is -3.59. The van der Waals surface area contributed by atoms with E-state index >= 15 is 0 Å². The molecule has 1 atom stereocenters. The summed E-state index contributed by atoms with van der Waals surface area (Å²) in [7, 11) is 0. The summed E-state index contributed by atoms with van der Waals surface area (Å²) >= 11 is 0. The van der Waals surface area contributed by atoms with Crippen LogP contribution in [0.25, 0.3) is 0 Å². The van der Waals surface area contributed by atoms with Crippen LogP contribution in [-0.4, -0.2) is 76.4 Å². The molecule has 0 bridgehead atoms. The van der Waals surface area contributed by atoms with Gasteiger partial charge in [-0.2, -0.15) is 13.2 Å². The van der Waals surface area contributed by atoms with Crippen molar-refractivity contribution < 1.29 is 37.8 Å². The Morgan fingerprint density at radius 1 is 1.14 bits per heavy atom. The monoisotopic (exact) mass is 403 g/mol. The van der Waals surface area contributed by atoms with Crippen molar-refractivity contribution in [3.63, 3.8) is 0 Å². The molecule has 2 aliphatic heterocycles. The topological polar surface area (TPSA) is 110 Å². The van der Waals surface area contributed by atoms with Crippen molar-refractivity contribution in [2.75, 3.05) is 26.2 Å². The van der Waals surface area contributed by atoms with E-state index in [0.29, 0.717) is 6.54 Å². The lowest BCUT2D eigenvalue weighted by molar-refractivity contribution is -0.192. The number of carbonyl (C=O) groups is 3. The minimum atomic E-state index is -5.08. The SMILES string of the molecule is O=C(O)C(F)(F)F.O=C(O)Cc1ccc(CN2C[C@@H]3CNCCN3C2=O)cc1. The average Bonchev–Trinajstić information content (AvgIpc) is 2.92. The Balaban J connectivity index is 0.000000345. The van der Waals surface area contributed by atoms with Crippen LogP contribution in [0.3, 0.4) is 0 Å². The van der Waals surface area contributed by atoms with Gasteiger partial charge in [0, 0.05) is 32.7 Å². The largest absolute Gasteiger partial charge is 0.490 e. The number of aliphatic carboxylic acids is 2. The summed E-state index contributed by atoms with van der Waals surface area (Å²) in [6, 6.07) is 7.83. The first-order valence-electron chi connectivity index (χ1n) is 8.44. The van der Waals surface area contributed by atoms with E-state index in [2.05, 4.69) is 5.32 Å². The third-order valence-corrected chi connectivity index (χ3v) is 4.29. The highest BCUT2D eigenvalue weighted by molar-refractivity contribution is 5.77. The summed E-state index contributed by atoms with van der Waals surface area (Å²) in [5.41, 5.74) is 1.81. The van der Waals surface area contributed by atoms with Gasteiger partial charge in [-0.15, -0.1) is 0 Å². The second-order valence-corrected chi connectivity index (χ2v) is 6.40. The molecule has 0 radical (unpaired) electrons. The molecule has 0 aliphatic carbocycles. The van der Waals surface area contributed by atoms with Crippen molar-refractivity contribution >= 4 is 18.0 Å². The molecule has 0 unspecified atom stereocenters. The Kier molecular flexibility index (Phi) is 6.84. The molecule has 28 heavy (non-hydrogen) atoms. The maximum Gasteiger partial charge on any atom is 0.490 e. The normalized spacial score (nSPS) is 19.0. The predicted octanol–water partition coefficient (Wildman–Crippen LogP) is 1.16. The maximum atomic E-state index is 12.3. The highest BCUT2D eigenvalue weighted by atomic mass is 19.4. The number of benzene rings is 1. The lowest BCUT2D eigenvalue weighted by Gasteiger charge is -2.28. The zero-order valence-electron chi connectivity index (χ0n) is 14.8. The number of carboxylic acids is 2. The van der Waals surface area contributed by atoms with Crippen LogP contribution in [0, 0.1) is 0 Å². The van der Waals surface area contributed by atoms with Crippen LogP contribution in [0.1, 0.15) is 11.1 Å². The number of halogens is 3. The number of fused-ring (bicyclic) bond motifs is 1. The van der Waals surface area contributed by atoms with Crippen LogP contribution in [-0.2, 0) is 22.6 Å². The number of urea groups is 1. The molecule has 3 N–H and O–H groups in total. The number of nitrogens with one attached hydrogen (secondary N) is 1. The highest BCUT2D eigenvalue weighted by Crippen LogP contribution is 2.20. The van der Waals surface area contributed by atoms with E-state index in [1.165, 1.54) is 0 Å². The molecule has 0 spiro atoms. The number of carbonyl (C=O) groups excluding carboxylic acids is 1. The minimum Gasteiger partial charge on any atom is -0.481 e. The summed E-state index contributed by atoms with van der Waals surface area (Å²) in [4.78, 5) is 35.7. The van der Waals surface area contributed by atoms with Crippen molar-refractivity contribution in [2.45, 2.75) is 25.2 Å². The van der Waals surface area contributed by atoms with E-state index in [0.717, 1.165) is 37.3 Å². The minimum absolute atomic E-state index is 0.0322. The second-order valence-electron chi connectivity index (χ2n) is 6.40. The number of hydrogen-bond acceptors (Lipinski definition) is 4. The Bertz CT molecular complexity index is 724. The molecular formula is C17H20F3N3O5. The zero-order chi connectivity index (χ0) is 20.9. The van der Waals surface area contributed by atoms with Gasteiger partial charge in [0.2, 0.25) is 0 Å². The third-order valence-electron chi connectivity index (χ3n) is 4.29. The number of nitrogens with zero attached hydrogens (tertiary/aromatic N) is 2. The van der Waals surface area contributed by atoms with Gasteiger partial charge in [0.1, 0.15) is 0 Å². The number of carboxylic acid groups (broad SMARTS) is 2. The van der Waals surface area contributed by atoms with Gasteiger partial charge < -0.3 is 25.3 Å². The number of amides is 2. The summed E-state index contributed by atoms with van der Waals surface area (Å²) in [6.07, 6.45) is -5.05. The van der Waals surface area contributed by atoms with E-state index in [-0.39, 0.29) is 18.5 Å². The van der Waals surface area contributed by atoms with Crippen molar-refractivity contribution in [1.29, 1.82) is 0 Å². The molecule has 2 aliphatic rings. The fourth-order valence-electron chi connectivity index (χ4n) is 2.98. The highest BCUT2D eigenvalue weighted by Gasteiger charge is 2.38. The molecule has 3 rings (SSSR count). The summed E-state index contributed by atoms with van der Waals surface area (Å²) in [6.45, 7) is 3.83. The molecule has 11 heteroatoms. The quantitative estimate of drug-likeness (QED) is 0.696. The first-order chi connectivity index (χ1) is 13.1. The summed E-state index contributed by atoms with van der Waals surface area (Å²) < 4.78 is 31.7. The van der Waals surface area contributed by atoms with Gasteiger partial charge >= 0.3 is 24.1 Å². The van der Waals surface area contributed by atoms with Gasteiger partial charge in [-0.05, 0) is 11.1 Å². The molecule has 154 valence electrons. The third kappa shape index (κ3) is 5.84. The lowest BCUT2D eigenvalue weighted by atomic mass is 10.1. The number of alkyl halides is 3. The first kappa shape index (κ1) is 21.5. The van der Waals surface area contributed by atoms with Gasteiger partial charge in [0.15, 0.2) is 0 Å². The van der Waals surface area contributed by atoms with Crippen LogP contribution in [0.2, 0.25) is 0 Å². The molecular weight excluding hydrogens is 383 g/mol. The standard InChI is InChI=1S/C15H19N3O3.C2HF3O2/c19-14(20)7-11-1-3-12(4-2-11)9-17-10-13-8-16-5-6-18(13)15(17)21;3-2(4,5)1(6)7/h1-4,13,16H,5-10H2,(H,19,20);(H,6,7)/t13-;/m0./s1. The molecule has 8 nitrogen and oxygen atoms in total. The average molecular weight is 403 g/mol. The molecule has 0 aromatic heterocycles. The Labute approximate surface area is 158 Å². The van der Waals surface area contributed by atoms with E-state index in [1.807, 2.05) is 34.1 Å². The fourth-order valence-corrected chi connectivity index (χ4v) is 2.98. The smallest absolute Gasteiger partial charge is 0.481 e. The molecule has 1 aromatic carbocycles. The van der Waals surface area contributed by atoms with E-state index in [4.69, 9.17) is 15.0 Å². The van der Waals surface area contributed by atoms with Crippen molar-refractivity contribution in [1.82, 2.24) is 15.1 Å². The molecule has 0 saturated carbocycles. The zero-order valence-corrected chi connectivity index (χ0v) is 14.8. The molecule has 2 fully saturated rings. The van der Waals surface area contributed by atoms with Gasteiger partial charge in [0.05, 0.1) is 12.5 Å². The van der Waals surface area contributed by atoms with E-state index in [9.17, 15) is 22.8 Å². The molecule has 2 amide bonds. The van der Waals surface area contributed by atoms with Crippen molar-refractivity contribution in [2.24, 2.45) is 0 Å². The molecule has 1 aromatic rings. The van der Waals surface area contributed by atoms with Crippen LogP contribution >= 0.6 is 0 Å². The van der Waals surface area contributed by atoms with Crippen LogP contribution in [0.4, 0.5) is 18.0 Å². The number of hydrogen-bond donors (Lipinski definition) is 3. The fraction of sp³-hybridized carbons (Fsp3) is 0.471. The Morgan fingerprint density at radius 2 is 1.71 bits per heavy atom. The van der Waals surface area contributed by atoms with Gasteiger partial charge in [-0.3, -0.25) is 4.79 Å². The lowest BCUT2D eigenvalue weighted by Crippen LogP contribution is -2.49. The number of rotatable bonds is 4. The van der Waals surface area contributed by atoms with Gasteiger partial charge in [-0.25, -0.2) is 9.59 Å². The Hall–Kier alpha value is -2.82. The molecule has 2 heterocycles. The second kappa shape index (κ2) is 8.91.